The summed E-state index contributed by atoms with van der Waals surface area (Å²) in [6.45, 7) is 0.698. The molecule has 1 aromatic heterocycles. The Labute approximate surface area is 172 Å². The third kappa shape index (κ3) is 4.87. The number of para-hydroxylation sites is 1. The first-order valence-electron chi connectivity index (χ1n) is 9.73. The number of rotatable bonds is 6. The summed E-state index contributed by atoms with van der Waals surface area (Å²) in [5, 5.41) is 4.74. The topological polar surface area (TPSA) is 27.8 Å². The van der Waals surface area contributed by atoms with Gasteiger partial charge in [-0.05, 0) is 53.5 Å². The van der Waals surface area contributed by atoms with Crippen molar-refractivity contribution in [1.82, 2.24) is 10.3 Å². The molecule has 0 amide bonds. The molecule has 4 rings (SSSR count). The third-order valence-electron chi connectivity index (χ3n) is 5.33. The van der Waals surface area contributed by atoms with E-state index >= 15 is 0 Å². The SMILES string of the molecule is FC(F)(F)c1cccc(C2=CCNC(CCSCc3c[nH]c4ccccc34)C2)c1. The Bertz CT molecular complexity index is 1010. The second-order valence-corrected chi connectivity index (χ2v) is 8.42. The fraction of sp³-hybridized carbons (Fsp3) is 0.304. The first-order valence-corrected chi connectivity index (χ1v) is 10.9. The molecular formula is C23H23F3N2S. The van der Waals surface area contributed by atoms with E-state index in [2.05, 4.69) is 34.7 Å². The third-order valence-corrected chi connectivity index (χ3v) is 6.36. The smallest absolute Gasteiger partial charge is 0.361 e. The maximum atomic E-state index is 13.0. The fourth-order valence-electron chi connectivity index (χ4n) is 3.76. The number of thioether (sulfide) groups is 1. The van der Waals surface area contributed by atoms with Crippen molar-refractivity contribution in [3.63, 3.8) is 0 Å². The summed E-state index contributed by atoms with van der Waals surface area (Å²) in [5.74, 6) is 1.96. The van der Waals surface area contributed by atoms with E-state index in [-0.39, 0.29) is 0 Å². The molecule has 152 valence electrons. The minimum Gasteiger partial charge on any atom is -0.361 e. The average Bonchev–Trinajstić information content (AvgIpc) is 3.14. The van der Waals surface area contributed by atoms with Gasteiger partial charge in [0.1, 0.15) is 0 Å². The molecule has 0 saturated heterocycles. The van der Waals surface area contributed by atoms with E-state index in [1.165, 1.54) is 23.1 Å². The molecule has 29 heavy (non-hydrogen) atoms. The van der Waals surface area contributed by atoms with Crippen LogP contribution >= 0.6 is 11.8 Å². The van der Waals surface area contributed by atoms with Crippen LogP contribution in [0.3, 0.4) is 0 Å². The molecule has 1 aliphatic rings. The number of benzene rings is 2. The lowest BCUT2D eigenvalue weighted by Crippen LogP contribution is -2.33. The van der Waals surface area contributed by atoms with Crippen LogP contribution < -0.4 is 5.32 Å². The van der Waals surface area contributed by atoms with E-state index in [1.54, 1.807) is 6.07 Å². The summed E-state index contributed by atoms with van der Waals surface area (Å²) >= 11 is 1.89. The van der Waals surface area contributed by atoms with Crippen molar-refractivity contribution in [2.45, 2.75) is 30.8 Å². The van der Waals surface area contributed by atoms with Crippen molar-refractivity contribution >= 4 is 28.2 Å². The van der Waals surface area contributed by atoms with Crippen LogP contribution in [0.15, 0.2) is 60.8 Å². The van der Waals surface area contributed by atoms with Gasteiger partial charge in [-0.15, -0.1) is 0 Å². The van der Waals surface area contributed by atoms with Gasteiger partial charge in [0.05, 0.1) is 5.56 Å². The summed E-state index contributed by atoms with van der Waals surface area (Å²) in [5.41, 5.74) is 3.57. The number of hydrogen-bond donors (Lipinski definition) is 2. The van der Waals surface area contributed by atoms with Gasteiger partial charge < -0.3 is 10.3 Å². The van der Waals surface area contributed by atoms with Crippen LogP contribution in [0.5, 0.6) is 0 Å². The summed E-state index contributed by atoms with van der Waals surface area (Å²) in [7, 11) is 0. The summed E-state index contributed by atoms with van der Waals surface area (Å²) in [6, 6.07) is 14.2. The van der Waals surface area contributed by atoms with Gasteiger partial charge in [0.25, 0.3) is 0 Å². The Kier molecular flexibility index (Phi) is 6.01. The van der Waals surface area contributed by atoms with Crippen LogP contribution in [-0.4, -0.2) is 23.3 Å². The van der Waals surface area contributed by atoms with Crippen molar-refractivity contribution in [1.29, 1.82) is 0 Å². The molecule has 6 heteroatoms. The number of alkyl halides is 3. The van der Waals surface area contributed by atoms with Gasteiger partial charge in [-0.3, -0.25) is 0 Å². The molecular weight excluding hydrogens is 393 g/mol. The number of H-pyrrole nitrogens is 1. The van der Waals surface area contributed by atoms with Crippen LogP contribution in [0, 0.1) is 0 Å². The van der Waals surface area contributed by atoms with Crippen LogP contribution in [-0.2, 0) is 11.9 Å². The molecule has 0 bridgehead atoms. The minimum atomic E-state index is -4.30. The summed E-state index contributed by atoms with van der Waals surface area (Å²) < 4.78 is 39.0. The van der Waals surface area contributed by atoms with Crippen molar-refractivity contribution < 1.29 is 13.2 Å². The number of aromatic amines is 1. The molecule has 2 N–H and O–H groups in total. The number of fused-ring (bicyclic) bond motifs is 1. The number of halogens is 3. The molecule has 0 radical (unpaired) electrons. The van der Waals surface area contributed by atoms with Crippen molar-refractivity contribution in [3.8, 4) is 0 Å². The van der Waals surface area contributed by atoms with Gasteiger partial charge in [-0.2, -0.15) is 24.9 Å². The lowest BCUT2D eigenvalue weighted by atomic mass is 9.93. The highest BCUT2D eigenvalue weighted by molar-refractivity contribution is 7.98. The van der Waals surface area contributed by atoms with Gasteiger partial charge in [0.2, 0.25) is 0 Å². The zero-order chi connectivity index (χ0) is 20.3. The zero-order valence-corrected chi connectivity index (χ0v) is 16.7. The van der Waals surface area contributed by atoms with Gasteiger partial charge in [0, 0.05) is 35.4 Å². The highest BCUT2D eigenvalue weighted by Gasteiger charge is 2.30. The Morgan fingerprint density at radius 1 is 1.07 bits per heavy atom. The largest absolute Gasteiger partial charge is 0.416 e. The second kappa shape index (κ2) is 8.67. The highest BCUT2D eigenvalue weighted by atomic mass is 32.2. The van der Waals surface area contributed by atoms with E-state index in [0.717, 1.165) is 41.5 Å². The van der Waals surface area contributed by atoms with E-state index in [9.17, 15) is 13.2 Å². The quantitative estimate of drug-likeness (QED) is 0.465. The van der Waals surface area contributed by atoms with Gasteiger partial charge >= 0.3 is 6.18 Å². The van der Waals surface area contributed by atoms with Crippen LogP contribution in [0.25, 0.3) is 16.5 Å². The lowest BCUT2D eigenvalue weighted by Gasteiger charge is -2.25. The normalized spacial score (nSPS) is 17.5. The monoisotopic (exact) mass is 416 g/mol. The first kappa shape index (κ1) is 20.1. The Hall–Kier alpha value is -2.18. The molecule has 2 aromatic carbocycles. The van der Waals surface area contributed by atoms with Crippen LogP contribution in [0.1, 0.15) is 29.5 Å². The number of aromatic nitrogens is 1. The molecule has 0 saturated carbocycles. The van der Waals surface area contributed by atoms with E-state index in [1.807, 2.05) is 23.9 Å². The number of hydrogen-bond acceptors (Lipinski definition) is 2. The molecule has 1 atom stereocenters. The Morgan fingerprint density at radius 2 is 1.93 bits per heavy atom. The van der Waals surface area contributed by atoms with Crippen LogP contribution in [0.2, 0.25) is 0 Å². The molecule has 3 aromatic rings. The molecule has 2 nitrogen and oxygen atoms in total. The predicted molar refractivity (Wildman–Crippen MR) is 115 cm³/mol. The van der Waals surface area contributed by atoms with E-state index < -0.39 is 11.7 Å². The summed E-state index contributed by atoms with van der Waals surface area (Å²) in [4.78, 5) is 3.30. The molecule has 1 unspecified atom stereocenters. The molecule has 0 aliphatic carbocycles. The van der Waals surface area contributed by atoms with Crippen molar-refractivity contribution in [2.24, 2.45) is 0 Å². The van der Waals surface area contributed by atoms with Crippen LogP contribution in [0.4, 0.5) is 13.2 Å². The average molecular weight is 417 g/mol. The Morgan fingerprint density at radius 3 is 2.79 bits per heavy atom. The van der Waals surface area contributed by atoms with Gasteiger partial charge in [0.15, 0.2) is 0 Å². The molecule has 2 heterocycles. The lowest BCUT2D eigenvalue weighted by molar-refractivity contribution is -0.137. The maximum absolute atomic E-state index is 13.0. The van der Waals surface area contributed by atoms with Crippen molar-refractivity contribution in [2.75, 3.05) is 12.3 Å². The van der Waals surface area contributed by atoms with E-state index in [0.29, 0.717) is 18.2 Å². The number of nitrogens with one attached hydrogen (secondary N) is 2. The Balaban J connectivity index is 1.30. The highest BCUT2D eigenvalue weighted by Crippen LogP contribution is 2.33. The standard InChI is InChI=1S/C23H23F3N2S/c24-23(25,26)19-5-3-4-16(12-19)17-8-10-27-20(13-17)9-11-29-15-18-14-28-22-7-2-1-6-21(18)22/h1-8,12,14,20,27-28H,9-11,13,15H2. The van der Waals surface area contributed by atoms with E-state index in [4.69, 9.17) is 0 Å². The molecule has 1 aliphatic heterocycles. The summed E-state index contributed by atoms with van der Waals surface area (Å²) in [6.07, 6.45) is 1.52. The fourth-order valence-corrected chi connectivity index (χ4v) is 4.82. The molecule has 0 fully saturated rings. The predicted octanol–water partition coefficient (Wildman–Crippen LogP) is 6.26. The van der Waals surface area contributed by atoms with Gasteiger partial charge in [-0.25, -0.2) is 0 Å². The van der Waals surface area contributed by atoms with Crippen molar-refractivity contribution in [3.05, 3.63) is 77.5 Å². The minimum absolute atomic E-state index is 0.292. The maximum Gasteiger partial charge on any atom is 0.416 e. The van der Waals surface area contributed by atoms with Gasteiger partial charge in [-0.1, -0.05) is 36.4 Å². The second-order valence-electron chi connectivity index (χ2n) is 7.32. The zero-order valence-electron chi connectivity index (χ0n) is 15.9. The molecule has 0 spiro atoms. The first-order chi connectivity index (χ1) is 14.0.